The Bertz CT molecular complexity index is 535. The number of rotatable bonds is 3. The molecule has 2 fully saturated rings. The van der Waals surface area contributed by atoms with Gasteiger partial charge >= 0.3 is 0 Å². The number of anilines is 3. The number of alkyl halides is 2. The number of nitrogens with zero attached hydrogens (tertiary/aromatic N) is 5. The van der Waals surface area contributed by atoms with Crippen LogP contribution in [0.4, 0.5) is 26.4 Å². The molecule has 0 bridgehead atoms. The second-order valence-corrected chi connectivity index (χ2v) is 6.74. The first-order valence-electron chi connectivity index (χ1n) is 7.64. The molecule has 0 spiro atoms. The fourth-order valence-electron chi connectivity index (χ4n) is 3.39. The highest BCUT2D eigenvalue weighted by atomic mass is 19.3. The molecule has 1 aliphatic heterocycles. The summed E-state index contributed by atoms with van der Waals surface area (Å²) in [6.07, 6.45) is 0.645. The molecule has 1 saturated carbocycles. The summed E-state index contributed by atoms with van der Waals surface area (Å²) in [6.45, 7) is 1.05. The monoisotopic (exact) mass is 311 g/mol. The standard InChI is InChI=1S/C15H23F2N5/c1-20(2)12-7-13(19-14(18-12)21(3)4)22-8-10-5-6-15(16,17)11(10)9-22/h7,10-11H,5-6,8-9H2,1-4H3/t10-,11+/m0/s1. The largest absolute Gasteiger partial charge is 0.363 e. The number of halogens is 2. The van der Waals surface area contributed by atoms with Gasteiger partial charge in [0.2, 0.25) is 5.95 Å². The van der Waals surface area contributed by atoms with E-state index in [0.29, 0.717) is 25.5 Å². The highest BCUT2D eigenvalue weighted by Gasteiger charge is 2.54. The molecule has 2 aliphatic rings. The Morgan fingerprint density at radius 2 is 1.86 bits per heavy atom. The van der Waals surface area contributed by atoms with Gasteiger partial charge in [0.25, 0.3) is 5.92 Å². The number of hydrogen-bond acceptors (Lipinski definition) is 5. The zero-order valence-corrected chi connectivity index (χ0v) is 13.6. The molecule has 3 rings (SSSR count). The Labute approximate surface area is 129 Å². The van der Waals surface area contributed by atoms with Gasteiger partial charge in [-0.15, -0.1) is 0 Å². The highest BCUT2D eigenvalue weighted by Crippen LogP contribution is 2.48. The van der Waals surface area contributed by atoms with Crippen LogP contribution in [0.15, 0.2) is 6.07 Å². The van der Waals surface area contributed by atoms with Crippen molar-refractivity contribution in [3.8, 4) is 0 Å². The molecule has 122 valence electrons. The van der Waals surface area contributed by atoms with E-state index in [1.165, 1.54) is 0 Å². The van der Waals surface area contributed by atoms with E-state index in [0.717, 1.165) is 11.6 Å². The second kappa shape index (κ2) is 5.21. The summed E-state index contributed by atoms with van der Waals surface area (Å²) in [7, 11) is 7.59. The Hall–Kier alpha value is -1.66. The third-order valence-corrected chi connectivity index (χ3v) is 4.70. The molecule has 0 N–H and O–H groups in total. The lowest BCUT2D eigenvalue weighted by atomic mass is 9.99. The van der Waals surface area contributed by atoms with Crippen LogP contribution in [0.2, 0.25) is 0 Å². The molecular formula is C15H23F2N5. The average molecular weight is 311 g/mol. The molecule has 1 aromatic rings. The summed E-state index contributed by atoms with van der Waals surface area (Å²) < 4.78 is 27.9. The maximum absolute atomic E-state index is 13.9. The van der Waals surface area contributed by atoms with Crippen LogP contribution in [-0.2, 0) is 0 Å². The summed E-state index contributed by atoms with van der Waals surface area (Å²) in [4.78, 5) is 14.7. The van der Waals surface area contributed by atoms with Crippen LogP contribution in [0.3, 0.4) is 0 Å². The van der Waals surface area contributed by atoms with Crippen LogP contribution >= 0.6 is 0 Å². The van der Waals surface area contributed by atoms with Crippen LogP contribution in [0.25, 0.3) is 0 Å². The van der Waals surface area contributed by atoms with E-state index in [1.54, 1.807) is 0 Å². The molecule has 2 heterocycles. The third kappa shape index (κ3) is 2.57. The van der Waals surface area contributed by atoms with Crippen molar-refractivity contribution >= 4 is 17.6 Å². The molecule has 1 aromatic heterocycles. The number of aromatic nitrogens is 2. The summed E-state index contributed by atoms with van der Waals surface area (Å²) in [5.74, 6) is -0.847. The van der Waals surface area contributed by atoms with Crippen LogP contribution < -0.4 is 14.7 Å². The molecular weight excluding hydrogens is 288 g/mol. The lowest BCUT2D eigenvalue weighted by Gasteiger charge is -2.24. The second-order valence-electron chi connectivity index (χ2n) is 6.74. The summed E-state index contributed by atoms with van der Waals surface area (Å²) in [5.41, 5.74) is 0. The van der Waals surface area contributed by atoms with Gasteiger partial charge in [-0.2, -0.15) is 9.97 Å². The van der Waals surface area contributed by atoms with Gasteiger partial charge in [-0.25, -0.2) is 8.78 Å². The van der Waals surface area contributed by atoms with Gasteiger partial charge in [-0.1, -0.05) is 0 Å². The summed E-state index contributed by atoms with van der Waals surface area (Å²) >= 11 is 0. The van der Waals surface area contributed by atoms with Crippen LogP contribution in [0.1, 0.15) is 12.8 Å². The van der Waals surface area contributed by atoms with Crippen molar-refractivity contribution in [3.05, 3.63) is 6.07 Å². The molecule has 5 nitrogen and oxygen atoms in total. The van der Waals surface area contributed by atoms with E-state index in [4.69, 9.17) is 0 Å². The Kier molecular flexibility index (Phi) is 3.61. The third-order valence-electron chi connectivity index (χ3n) is 4.70. The van der Waals surface area contributed by atoms with Crippen molar-refractivity contribution in [2.75, 3.05) is 56.0 Å². The molecule has 22 heavy (non-hydrogen) atoms. The predicted molar refractivity (Wildman–Crippen MR) is 84.1 cm³/mol. The zero-order chi connectivity index (χ0) is 16.1. The average Bonchev–Trinajstić information content (AvgIpc) is 2.99. The van der Waals surface area contributed by atoms with E-state index in [1.807, 2.05) is 49.0 Å². The molecule has 1 saturated heterocycles. The van der Waals surface area contributed by atoms with E-state index < -0.39 is 11.8 Å². The first kappa shape index (κ1) is 15.2. The molecule has 0 amide bonds. The van der Waals surface area contributed by atoms with Crippen molar-refractivity contribution in [1.29, 1.82) is 0 Å². The fraction of sp³-hybridized carbons (Fsp3) is 0.733. The van der Waals surface area contributed by atoms with Crippen LogP contribution in [0, 0.1) is 11.8 Å². The fourth-order valence-corrected chi connectivity index (χ4v) is 3.39. The Morgan fingerprint density at radius 1 is 1.14 bits per heavy atom. The quantitative estimate of drug-likeness (QED) is 0.854. The first-order chi connectivity index (χ1) is 10.3. The van der Waals surface area contributed by atoms with Crippen molar-refractivity contribution in [2.24, 2.45) is 11.8 Å². The van der Waals surface area contributed by atoms with Crippen molar-refractivity contribution in [1.82, 2.24) is 9.97 Å². The van der Waals surface area contributed by atoms with Gasteiger partial charge in [0.1, 0.15) is 11.6 Å². The molecule has 2 atom stereocenters. The van der Waals surface area contributed by atoms with E-state index in [2.05, 4.69) is 9.97 Å². The topological polar surface area (TPSA) is 35.5 Å². The van der Waals surface area contributed by atoms with Gasteiger partial charge in [-0.05, 0) is 12.3 Å². The van der Waals surface area contributed by atoms with Gasteiger partial charge in [0, 0.05) is 59.7 Å². The lowest BCUT2D eigenvalue weighted by molar-refractivity contribution is -0.0351. The summed E-state index contributed by atoms with van der Waals surface area (Å²) in [6, 6.07) is 1.88. The molecule has 1 aliphatic carbocycles. The van der Waals surface area contributed by atoms with Gasteiger partial charge < -0.3 is 14.7 Å². The van der Waals surface area contributed by atoms with E-state index in [9.17, 15) is 8.78 Å². The van der Waals surface area contributed by atoms with Gasteiger partial charge in [0.05, 0.1) is 0 Å². The van der Waals surface area contributed by atoms with E-state index in [-0.39, 0.29) is 12.3 Å². The lowest BCUT2D eigenvalue weighted by Crippen LogP contribution is -2.30. The minimum Gasteiger partial charge on any atom is -0.363 e. The highest BCUT2D eigenvalue weighted by molar-refractivity contribution is 5.55. The zero-order valence-electron chi connectivity index (χ0n) is 13.6. The van der Waals surface area contributed by atoms with E-state index >= 15 is 0 Å². The Balaban J connectivity index is 1.89. The molecule has 0 unspecified atom stereocenters. The molecule has 0 aromatic carbocycles. The van der Waals surface area contributed by atoms with Crippen molar-refractivity contribution in [2.45, 2.75) is 18.8 Å². The SMILES string of the molecule is CN(C)c1cc(N2C[C@@H]3CCC(F)(F)[C@@H]3C2)nc(N(C)C)n1. The summed E-state index contributed by atoms with van der Waals surface area (Å²) in [5, 5.41) is 0. The van der Waals surface area contributed by atoms with Crippen molar-refractivity contribution in [3.63, 3.8) is 0 Å². The van der Waals surface area contributed by atoms with Crippen LogP contribution in [-0.4, -0.2) is 57.2 Å². The Morgan fingerprint density at radius 3 is 2.45 bits per heavy atom. The maximum atomic E-state index is 13.9. The number of fused-ring (bicyclic) bond motifs is 1. The normalized spacial score (nSPS) is 26.2. The predicted octanol–water partition coefficient (Wildman–Crippen LogP) is 2.09. The minimum absolute atomic E-state index is 0.0336. The maximum Gasteiger partial charge on any atom is 0.252 e. The number of hydrogen-bond donors (Lipinski definition) is 0. The van der Waals surface area contributed by atoms with Gasteiger partial charge in [0.15, 0.2) is 0 Å². The molecule has 0 radical (unpaired) electrons. The minimum atomic E-state index is -2.53. The first-order valence-corrected chi connectivity index (χ1v) is 7.64. The van der Waals surface area contributed by atoms with Gasteiger partial charge in [-0.3, -0.25) is 0 Å². The molecule has 7 heteroatoms. The van der Waals surface area contributed by atoms with Crippen LogP contribution in [0.5, 0.6) is 0 Å². The smallest absolute Gasteiger partial charge is 0.252 e. The van der Waals surface area contributed by atoms with Crippen molar-refractivity contribution < 1.29 is 8.78 Å².